The van der Waals surface area contributed by atoms with Gasteiger partial charge in [0.25, 0.3) is 0 Å². The molecular weight excluding hydrogens is 719 g/mol. The molecule has 0 amide bonds. The summed E-state index contributed by atoms with van der Waals surface area (Å²) in [5, 5.41) is 4.80. The van der Waals surface area contributed by atoms with Crippen LogP contribution in [0.2, 0.25) is 0 Å². The highest BCUT2D eigenvalue weighted by atomic mass is 15.2. The second-order valence-corrected chi connectivity index (χ2v) is 17.6. The Morgan fingerprint density at radius 3 is 1.69 bits per heavy atom. The monoisotopic (exact) mass is 763 g/mol. The van der Waals surface area contributed by atoms with Crippen LogP contribution in [0.3, 0.4) is 0 Å². The fraction of sp³-hybridized carbons (Fsp3) is 0.167. The summed E-state index contributed by atoms with van der Waals surface area (Å²) >= 11 is 0. The van der Waals surface area contributed by atoms with Gasteiger partial charge in [-0.1, -0.05) is 162 Å². The predicted octanol–water partition coefficient (Wildman–Crippen LogP) is 13.7. The van der Waals surface area contributed by atoms with Crippen LogP contribution in [-0.4, -0.2) is 24.1 Å². The van der Waals surface area contributed by atoms with Crippen molar-refractivity contribution in [1.29, 1.82) is 0 Å². The van der Waals surface area contributed by atoms with Gasteiger partial charge in [-0.05, 0) is 81.8 Å². The smallest absolute Gasteiger partial charge is 0.238 e. The zero-order valence-corrected chi connectivity index (χ0v) is 34.1. The van der Waals surface area contributed by atoms with E-state index in [4.69, 9.17) is 15.0 Å². The molecule has 10 aromatic rings. The van der Waals surface area contributed by atoms with Gasteiger partial charge in [-0.15, -0.1) is 0 Å². The maximum atomic E-state index is 5.36. The van der Waals surface area contributed by atoms with Crippen LogP contribution in [0.5, 0.6) is 0 Å². The highest BCUT2D eigenvalue weighted by Crippen LogP contribution is 2.50. The molecule has 0 fully saturated rings. The molecule has 3 aromatic heterocycles. The maximum Gasteiger partial charge on any atom is 0.238 e. The van der Waals surface area contributed by atoms with Crippen molar-refractivity contribution in [1.82, 2.24) is 24.1 Å². The third-order valence-electron chi connectivity index (χ3n) is 13.3. The zero-order valence-electron chi connectivity index (χ0n) is 34.1. The predicted molar refractivity (Wildman–Crippen MR) is 245 cm³/mol. The zero-order chi connectivity index (χ0) is 40.0. The van der Waals surface area contributed by atoms with E-state index in [1.54, 1.807) is 0 Å². The van der Waals surface area contributed by atoms with Crippen molar-refractivity contribution in [2.45, 2.75) is 51.9 Å². The molecule has 0 bridgehead atoms. The molecular formula is C54H45N5. The lowest BCUT2D eigenvalue weighted by atomic mass is 9.58. The molecule has 59 heavy (non-hydrogen) atoms. The fourth-order valence-electron chi connectivity index (χ4n) is 10.1. The highest BCUT2D eigenvalue weighted by Gasteiger charge is 2.42. The van der Waals surface area contributed by atoms with Crippen LogP contribution in [0, 0.1) is 5.92 Å². The van der Waals surface area contributed by atoms with Gasteiger partial charge in [0.15, 0.2) is 11.6 Å². The maximum absolute atomic E-state index is 5.36. The summed E-state index contributed by atoms with van der Waals surface area (Å²) in [5.74, 6) is 2.41. The first kappa shape index (κ1) is 35.3. The molecule has 1 aliphatic rings. The van der Waals surface area contributed by atoms with Crippen LogP contribution in [0.1, 0.15) is 52.2 Å². The summed E-state index contributed by atoms with van der Waals surface area (Å²) < 4.78 is 4.72. The molecule has 1 aliphatic carbocycles. The largest absolute Gasteiger partial charge is 0.309 e. The van der Waals surface area contributed by atoms with E-state index in [0.717, 1.165) is 38.7 Å². The topological polar surface area (TPSA) is 48.5 Å². The molecule has 0 radical (unpaired) electrons. The summed E-state index contributed by atoms with van der Waals surface area (Å²) in [6.45, 7) is 12.1. The molecule has 5 nitrogen and oxygen atoms in total. The molecule has 0 aliphatic heterocycles. The van der Waals surface area contributed by atoms with Crippen LogP contribution in [0.4, 0.5) is 0 Å². The standard InChI is InChI=1S/C54H45N5/c1-34-33-53(2,3)42-29-28-37(32-43(42)54(34,4)5)58-44-26-16-14-24-40(44)48-46(58)30-31-47-49(48)41-25-15-17-27-45(41)59(47)52-56-50(36-20-10-7-11-21-36)55-51(57-52)39-23-13-12-22-38(39)35-18-8-6-9-19-35/h6-32,34H,33H2,1-5H3. The van der Waals surface area contributed by atoms with Crippen LogP contribution < -0.4 is 0 Å². The first-order valence-electron chi connectivity index (χ1n) is 20.8. The third kappa shape index (κ3) is 5.41. The van der Waals surface area contributed by atoms with E-state index in [1.807, 2.05) is 24.3 Å². The molecule has 3 heterocycles. The van der Waals surface area contributed by atoms with Gasteiger partial charge in [0, 0.05) is 38.4 Å². The van der Waals surface area contributed by atoms with Crippen molar-refractivity contribution in [2.75, 3.05) is 0 Å². The average molecular weight is 764 g/mol. The van der Waals surface area contributed by atoms with Crippen molar-refractivity contribution < 1.29 is 0 Å². The Kier molecular flexibility index (Phi) is 7.83. The lowest BCUT2D eigenvalue weighted by molar-refractivity contribution is 0.233. The quantitative estimate of drug-likeness (QED) is 0.175. The van der Waals surface area contributed by atoms with E-state index in [-0.39, 0.29) is 10.8 Å². The molecule has 0 saturated heterocycles. The Bertz CT molecular complexity index is 3260. The Labute approximate surface area is 344 Å². The minimum Gasteiger partial charge on any atom is -0.309 e. The van der Waals surface area contributed by atoms with Crippen molar-refractivity contribution >= 4 is 43.6 Å². The van der Waals surface area contributed by atoms with Crippen molar-refractivity contribution in [2.24, 2.45) is 5.92 Å². The summed E-state index contributed by atoms with van der Waals surface area (Å²) in [7, 11) is 0. The number of hydrogen-bond acceptors (Lipinski definition) is 3. The summed E-state index contributed by atoms with van der Waals surface area (Å²) in [4.78, 5) is 15.8. The van der Waals surface area contributed by atoms with Crippen molar-refractivity contribution in [3.05, 3.63) is 175 Å². The molecule has 1 atom stereocenters. The Balaban J connectivity index is 1.20. The van der Waals surface area contributed by atoms with Gasteiger partial charge < -0.3 is 4.57 Å². The van der Waals surface area contributed by atoms with Crippen LogP contribution in [-0.2, 0) is 10.8 Å². The number of aromatic nitrogens is 5. The van der Waals surface area contributed by atoms with Gasteiger partial charge in [0.05, 0.1) is 22.1 Å². The first-order valence-corrected chi connectivity index (χ1v) is 20.8. The van der Waals surface area contributed by atoms with Crippen LogP contribution in [0.15, 0.2) is 164 Å². The normalized spacial score (nSPS) is 15.9. The Hall–Kier alpha value is -6.85. The van der Waals surface area contributed by atoms with E-state index in [2.05, 4.69) is 183 Å². The average Bonchev–Trinajstić information content (AvgIpc) is 3.79. The molecule has 5 heteroatoms. The molecule has 7 aromatic carbocycles. The molecule has 1 unspecified atom stereocenters. The molecule has 0 spiro atoms. The van der Waals surface area contributed by atoms with Gasteiger partial charge in [-0.25, -0.2) is 4.98 Å². The minimum atomic E-state index is 0.0594. The fourth-order valence-corrected chi connectivity index (χ4v) is 10.1. The van der Waals surface area contributed by atoms with E-state index in [0.29, 0.717) is 23.5 Å². The molecule has 0 N–H and O–H groups in total. The van der Waals surface area contributed by atoms with Crippen LogP contribution in [0.25, 0.3) is 89.2 Å². The lowest BCUT2D eigenvalue weighted by Crippen LogP contribution is -2.40. The number of rotatable bonds is 5. The second-order valence-electron chi connectivity index (χ2n) is 17.6. The van der Waals surface area contributed by atoms with E-state index in [1.165, 1.54) is 50.4 Å². The second kappa shape index (κ2) is 13.1. The third-order valence-corrected chi connectivity index (χ3v) is 13.3. The van der Waals surface area contributed by atoms with Gasteiger partial charge >= 0.3 is 0 Å². The number of nitrogens with zero attached hydrogens (tertiary/aromatic N) is 5. The number of fused-ring (bicyclic) bond motifs is 8. The highest BCUT2D eigenvalue weighted by molar-refractivity contribution is 6.28. The number of benzene rings is 7. The summed E-state index contributed by atoms with van der Waals surface area (Å²) in [5.41, 5.74) is 12.9. The van der Waals surface area contributed by atoms with E-state index >= 15 is 0 Å². The first-order chi connectivity index (χ1) is 28.7. The lowest BCUT2D eigenvalue weighted by Gasteiger charge is -2.46. The van der Waals surface area contributed by atoms with Crippen molar-refractivity contribution in [3.63, 3.8) is 0 Å². The van der Waals surface area contributed by atoms with Gasteiger partial charge in [0.1, 0.15) is 0 Å². The Morgan fingerprint density at radius 2 is 1.02 bits per heavy atom. The van der Waals surface area contributed by atoms with E-state index in [9.17, 15) is 0 Å². The van der Waals surface area contributed by atoms with Gasteiger partial charge in [-0.2, -0.15) is 9.97 Å². The van der Waals surface area contributed by atoms with Crippen molar-refractivity contribution in [3.8, 4) is 45.5 Å². The summed E-state index contributed by atoms with van der Waals surface area (Å²) in [6, 6.07) is 58.5. The van der Waals surface area contributed by atoms with Gasteiger partial charge in [-0.3, -0.25) is 4.57 Å². The molecule has 0 saturated carbocycles. The molecule has 286 valence electrons. The van der Waals surface area contributed by atoms with Crippen LogP contribution >= 0.6 is 0 Å². The van der Waals surface area contributed by atoms with E-state index < -0.39 is 0 Å². The SMILES string of the molecule is CC1CC(C)(C)c2ccc(-n3c4ccccc4c4c5c6ccccc6n(-c6nc(-c7ccccc7)nc(-c7ccccc7-c7ccccc7)n6)c5ccc43)cc2C1(C)C. The molecule has 11 rings (SSSR count). The van der Waals surface area contributed by atoms with Gasteiger partial charge in [0.2, 0.25) is 5.95 Å². The Morgan fingerprint density at radius 1 is 0.475 bits per heavy atom. The number of hydrogen-bond donors (Lipinski definition) is 0. The number of para-hydroxylation sites is 2. The minimum absolute atomic E-state index is 0.0594. The summed E-state index contributed by atoms with van der Waals surface area (Å²) in [6.07, 6.45) is 1.18.